The fourth-order valence-corrected chi connectivity index (χ4v) is 3.31. The Morgan fingerprint density at radius 1 is 0.957 bits per heavy atom. The summed E-state index contributed by atoms with van der Waals surface area (Å²) in [5.74, 6) is -1.36. The van der Waals surface area contributed by atoms with Crippen LogP contribution >= 0.6 is 23.2 Å². The summed E-state index contributed by atoms with van der Waals surface area (Å²) in [6.45, 7) is 0. The molecule has 0 spiro atoms. The van der Waals surface area contributed by atoms with Crippen LogP contribution in [0.15, 0.2) is 42.5 Å². The normalized spacial score (nSPS) is 16.0. The highest BCUT2D eigenvalue weighted by molar-refractivity contribution is 6.35. The van der Waals surface area contributed by atoms with Gasteiger partial charge in [-0.05, 0) is 42.0 Å². The van der Waals surface area contributed by atoms with Crippen LogP contribution in [0.5, 0.6) is 0 Å². The molecule has 2 aromatic rings. The molecule has 0 radical (unpaired) electrons. The number of piperidine rings is 1. The second kappa shape index (κ2) is 6.30. The van der Waals surface area contributed by atoms with E-state index in [0.29, 0.717) is 15.7 Å². The number of halogens is 3. The predicted octanol–water partition coefficient (Wildman–Crippen LogP) is 4.57. The summed E-state index contributed by atoms with van der Waals surface area (Å²) in [7, 11) is 0. The summed E-state index contributed by atoms with van der Waals surface area (Å²) in [5.41, 5.74) is 1.11. The molecule has 1 saturated heterocycles. The van der Waals surface area contributed by atoms with Crippen LogP contribution in [0.25, 0.3) is 0 Å². The van der Waals surface area contributed by atoms with Crippen molar-refractivity contribution in [1.29, 1.82) is 0 Å². The lowest BCUT2D eigenvalue weighted by Crippen LogP contribution is -2.42. The van der Waals surface area contributed by atoms with Gasteiger partial charge in [0, 0.05) is 28.8 Å². The van der Waals surface area contributed by atoms with Crippen molar-refractivity contribution in [3.05, 3.63) is 63.9 Å². The summed E-state index contributed by atoms with van der Waals surface area (Å²) < 4.78 is 13.0. The first-order valence-electron chi connectivity index (χ1n) is 7.02. The van der Waals surface area contributed by atoms with E-state index in [0.717, 1.165) is 10.5 Å². The van der Waals surface area contributed by atoms with Gasteiger partial charge >= 0.3 is 0 Å². The van der Waals surface area contributed by atoms with E-state index in [1.165, 1.54) is 24.3 Å². The van der Waals surface area contributed by atoms with Gasteiger partial charge in [0.15, 0.2) is 0 Å². The monoisotopic (exact) mass is 351 g/mol. The van der Waals surface area contributed by atoms with Crippen molar-refractivity contribution < 1.29 is 14.0 Å². The van der Waals surface area contributed by atoms with Crippen LogP contribution in [0, 0.1) is 5.82 Å². The van der Waals surface area contributed by atoms with Crippen LogP contribution in [-0.4, -0.2) is 11.8 Å². The van der Waals surface area contributed by atoms with Crippen LogP contribution in [0.1, 0.15) is 24.3 Å². The number of hydrogen-bond donors (Lipinski definition) is 0. The minimum atomic E-state index is -0.420. The third-order valence-electron chi connectivity index (χ3n) is 3.83. The van der Waals surface area contributed by atoms with Gasteiger partial charge in [-0.1, -0.05) is 29.3 Å². The molecule has 1 aliphatic rings. The minimum absolute atomic E-state index is 0.157. The lowest BCUT2D eigenvalue weighted by molar-refractivity contribution is -0.129. The van der Waals surface area contributed by atoms with Crippen molar-refractivity contribution in [2.45, 2.75) is 18.8 Å². The molecule has 1 aliphatic heterocycles. The largest absolute Gasteiger partial charge is 0.274 e. The first-order valence-corrected chi connectivity index (χ1v) is 7.77. The summed E-state index contributed by atoms with van der Waals surface area (Å²) in [6, 6.07) is 10.3. The molecule has 1 heterocycles. The smallest absolute Gasteiger partial charge is 0.234 e. The van der Waals surface area contributed by atoms with Crippen LogP contribution in [0.2, 0.25) is 10.0 Å². The van der Waals surface area contributed by atoms with E-state index in [1.807, 2.05) is 0 Å². The molecular formula is C17H12Cl2FNO2. The number of carbonyl (C=O) groups is 2. The Bertz CT molecular complexity index is 759. The average Bonchev–Trinajstić information content (AvgIpc) is 2.48. The quantitative estimate of drug-likeness (QED) is 0.743. The number of anilines is 1. The maximum Gasteiger partial charge on any atom is 0.234 e. The molecule has 0 aliphatic carbocycles. The Kier molecular flexibility index (Phi) is 4.37. The molecule has 3 nitrogen and oxygen atoms in total. The second-order valence-electron chi connectivity index (χ2n) is 5.37. The molecule has 6 heteroatoms. The van der Waals surface area contributed by atoms with Gasteiger partial charge in [0.05, 0.1) is 5.69 Å². The highest BCUT2D eigenvalue weighted by atomic mass is 35.5. The molecule has 0 N–H and O–H groups in total. The Hall–Kier alpha value is -1.91. The van der Waals surface area contributed by atoms with E-state index in [-0.39, 0.29) is 30.6 Å². The molecule has 23 heavy (non-hydrogen) atoms. The maximum absolute atomic E-state index is 13.0. The van der Waals surface area contributed by atoms with Crippen molar-refractivity contribution in [1.82, 2.24) is 0 Å². The number of nitrogens with zero attached hydrogens (tertiary/aromatic N) is 1. The molecule has 1 fully saturated rings. The van der Waals surface area contributed by atoms with E-state index in [4.69, 9.17) is 23.2 Å². The Morgan fingerprint density at radius 3 is 2.13 bits per heavy atom. The number of rotatable bonds is 2. The number of amides is 2. The predicted molar refractivity (Wildman–Crippen MR) is 87.3 cm³/mol. The van der Waals surface area contributed by atoms with Gasteiger partial charge in [0.1, 0.15) is 5.82 Å². The Morgan fingerprint density at radius 2 is 1.57 bits per heavy atom. The zero-order valence-electron chi connectivity index (χ0n) is 11.9. The molecule has 2 aromatic carbocycles. The molecule has 2 amide bonds. The Labute approximate surface area is 142 Å². The third-order valence-corrected chi connectivity index (χ3v) is 4.39. The molecule has 0 unspecified atom stereocenters. The van der Waals surface area contributed by atoms with Crippen LogP contribution < -0.4 is 4.90 Å². The van der Waals surface area contributed by atoms with Gasteiger partial charge in [0.25, 0.3) is 0 Å². The van der Waals surface area contributed by atoms with Crippen LogP contribution in [-0.2, 0) is 9.59 Å². The fourth-order valence-electron chi connectivity index (χ4n) is 2.75. The standard InChI is InChI=1S/C17H12Cl2FNO2/c18-11-1-6-14(15(19)9-11)10-7-16(22)21(17(23)8-10)13-4-2-12(20)3-5-13/h1-6,9-10H,7-8H2. The molecule has 0 atom stereocenters. The number of imide groups is 1. The highest BCUT2D eigenvalue weighted by Gasteiger charge is 2.35. The summed E-state index contributed by atoms with van der Waals surface area (Å²) >= 11 is 12.0. The van der Waals surface area contributed by atoms with Crippen molar-refractivity contribution in [2.24, 2.45) is 0 Å². The van der Waals surface area contributed by atoms with Gasteiger partial charge in [-0.25, -0.2) is 4.39 Å². The van der Waals surface area contributed by atoms with Crippen molar-refractivity contribution in [3.63, 3.8) is 0 Å². The zero-order valence-corrected chi connectivity index (χ0v) is 13.4. The van der Waals surface area contributed by atoms with Gasteiger partial charge in [-0.15, -0.1) is 0 Å². The average molecular weight is 352 g/mol. The number of carbonyl (C=O) groups excluding carboxylic acids is 2. The van der Waals surface area contributed by atoms with Crippen molar-refractivity contribution in [2.75, 3.05) is 4.90 Å². The minimum Gasteiger partial charge on any atom is -0.274 e. The SMILES string of the molecule is O=C1CC(c2ccc(Cl)cc2Cl)CC(=O)N1c1ccc(F)cc1. The van der Waals surface area contributed by atoms with E-state index < -0.39 is 5.82 Å². The zero-order chi connectivity index (χ0) is 16.6. The topological polar surface area (TPSA) is 37.4 Å². The van der Waals surface area contributed by atoms with E-state index in [2.05, 4.69) is 0 Å². The Balaban J connectivity index is 1.86. The van der Waals surface area contributed by atoms with Crippen LogP contribution in [0.4, 0.5) is 10.1 Å². The molecule has 0 aromatic heterocycles. The first kappa shape index (κ1) is 16.0. The van der Waals surface area contributed by atoms with Gasteiger partial charge < -0.3 is 0 Å². The fraction of sp³-hybridized carbons (Fsp3) is 0.176. The summed E-state index contributed by atoms with van der Waals surface area (Å²) in [5, 5.41) is 0.943. The molecule has 118 valence electrons. The lowest BCUT2D eigenvalue weighted by Gasteiger charge is -2.30. The van der Waals surface area contributed by atoms with Crippen molar-refractivity contribution >= 4 is 40.7 Å². The summed E-state index contributed by atoms with van der Waals surface area (Å²) in [4.78, 5) is 25.9. The first-order chi connectivity index (χ1) is 11.0. The van der Waals surface area contributed by atoms with E-state index in [1.54, 1.807) is 18.2 Å². The molecular weight excluding hydrogens is 340 g/mol. The third kappa shape index (κ3) is 3.23. The number of benzene rings is 2. The van der Waals surface area contributed by atoms with Gasteiger partial charge in [-0.2, -0.15) is 0 Å². The van der Waals surface area contributed by atoms with E-state index in [9.17, 15) is 14.0 Å². The molecule has 3 rings (SSSR count). The van der Waals surface area contributed by atoms with Crippen molar-refractivity contribution in [3.8, 4) is 0 Å². The maximum atomic E-state index is 13.0. The van der Waals surface area contributed by atoms with Gasteiger partial charge in [0.2, 0.25) is 11.8 Å². The van der Waals surface area contributed by atoms with Gasteiger partial charge in [-0.3, -0.25) is 14.5 Å². The highest BCUT2D eigenvalue weighted by Crippen LogP contribution is 2.36. The lowest BCUT2D eigenvalue weighted by atomic mass is 9.88. The second-order valence-corrected chi connectivity index (χ2v) is 6.21. The molecule has 0 bridgehead atoms. The van der Waals surface area contributed by atoms with E-state index >= 15 is 0 Å². The van der Waals surface area contributed by atoms with Crippen LogP contribution in [0.3, 0.4) is 0 Å². The number of hydrogen-bond acceptors (Lipinski definition) is 2. The molecule has 0 saturated carbocycles. The summed E-state index contributed by atoms with van der Waals surface area (Å²) in [6.07, 6.45) is 0.314.